The molecule has 0 unspecified atom stereocenters. The first-order chi connectivity index (χ1) is 13.0. The smallest absolute Gasteiger partial charge is 0.356 e. The molecule has 27 heavy (non-hydrogen) atoms. The SMILES string of the molecule is O=C(O)c1nn(-c2ccc(Br)cc2)c2c1CN(C(=O)C1CCCCC1)CC2. The van der Waals surface area contributed by atoms with Crippen molar-refractivity contribution in [1.82, 2.24) is 14.7 Å². The van der Waals surface area contributed by atoms with E-state index in [0.29, 0.717) is 25.1 Å². The number of carbonyl (C=O) groups excluding carboxylic acids is 1. The number of aromatic carboxylic acids is 1. The zero-order valence-corrected chi connectivity index (χ0v) is 16.6. The minimum absolute atomic E-state index is 0.0501. The first kappa shape index (κ1) is 18.2. The summed E-state index contributed by atoms with van der Waals surface area (Å²) in [5.74, 6) is -0.780. The molecule has 2 aromatic rings. The normalized spacial score (nSPS) is 17.6. The lowest BCUT2D eigenvalue weighted by atomic mass is 9.87. The minimum Gasteiger partial charge on any atom is -0.476 e. The quantitative estimate of drug-likeness (QED) is 0.801. The highest BCUT2D eigenvalue weighted by Gasteiger charge is 2.33. The Kier molecular flexibility index (Phi) is 5.04. The summed E-state index contributed by atoms with van der Waals surface area (Å²) in [6, 6.07) is 7.63. The van der Waals surface area contributed by atoms with E-state index in [4.69, 9.17) is 0 Å². The van der Waals surface area contributed by atoms with Crippen molar-refractivity contribution in [2.75, 3.05) is 6.54 Å². The highest BCUT2D eigenvalue weighted by Crippen LogP contribution is 2.30. The Balaban J connectivity index is 1.65. The number of hydrogen-bond donors (Lipinski definition) is 1. The Bertz CT molecular complexity index is 869. The molecule has 2 aliphatic rings. The van der Waals surface area contributed by atoms with Crippen LogP contribution in [0, 0.1) is 5.92 Å². The van der Waals surface area contributed by atoms with E-state index in [1.54, 1.807) is 4.68 Å². The summed E-state index contributed by atoms with van der Waals surface area (Å²) in [6.07, 6.45) is 5.94. The molecule has 1 aromatic carbocycles. The highest BCUT2D eigenvalue weighted by molar-refractivity contribution is 9.10. The van der Waals surface area contributed by atoms with Crippen LogP contribution in [0.15, 0.2) is 28.7 Å². The third-order valence-corrected chi connectivity index (χ3v) is 6.13. The fourth-order valence-corrected chi connectivity index (χ4v) is 4.45. The lowest BCUT2D eigenvalue weighted by Gasteiger charge is -2.32. The monoisotopic (exact) mass is 431 g/mol. The number of benzene rings is 1. The maximum absolute atomic E-state index is 12.9. The van der Waals surface area contributed by atoms with Gasteiger partial charge in [-0.15, -0.1) is 0 Å². The highest BCUT2D eigenvalue weighted by atomic mass is 79.9. The molecule has 0 radical (unpaired) electrons. The van der Waals surface area contributed by atoms with Gasteiger partial charge in [0.15, 0.2) is 5.69 Å². The van der Waals surface area contributed by atoms with Crippen molar-refractivity contribution in [2.24, 2.45) is 5.92 Å². The molecule has 4 rings (SSSR count). The molecule has 0 saturated heterocycles. The maximum atomic E-state index is 12.9. The molecule has 1 saturated carbocycles. The summed E-state index contributed by atoms with van der Waals surface area (Å²) >= 11 is 3.41. The van der Waals surface area contributed by atoms with Crippen LogP contribution in [0.2, 0.25) is 0 Å². The van der Waals surface area contributed by atoms with E-state index in [-0.39, 0.29) is 17.5 Å². The molecule has 0 atom stereocenters. The second kappa shape index (κ2) is 7.46. The predicted molar refractivity (Wildman–Crippen MR) is 104 cm³/mol. The number of aromatic nitrogens is 2. The summed E-state index contributed by atoms with van der Waals surface area (Å²) in [5, 5.41) is 14.0. The molecule has 1 aliphatic carbocycles. The van der Waals surface area contributed by atoms with Crippen LogP contribution in [0.5, 0.6) is 0 Å². The van der Waals surface area contributed by atoms with Gasteiger partial charge in [0.2, 0.25) is 5.91 Å². The molecule has 142 valence electrons. The summed E-state index contributed by atoms with van der Waals surface area (Å²) in [6.45, 7) is 0.951. The van der Waals surface area contributed by atoms with Gasteiger partial charge >= 0.3 is 5.97 Å². The largest absolute Gasteiger partial charge is 0.476 e. The number of nitrogens with zero attached hydrogens (tertiary/aromatic N) is 3. The molecular formula is C20H22BrN3O3. The first-order valence-corrected chi connectivity index (χ1v) is 10.2. The van der Waals surface area contributed by atoms with Gasteiger partial charge in [-0.05, 0) is 37.1 Å². The second-order valence-corrected chi connectivity index (χ2v) is 8.23. The predicted octanol–water partition coefficient (Wildman–Crippen LogP) is 3.80. The van der Waals surface area contributed by atoms with Gasteiger partial charge in [-0.25, -0.2) is 9.48 Å². The van der Waals surface area contributed by atoms with Crippen molar-refractivity contribution in [1.29, 1.82) is 0 Å². The Hall–Kier alpha value is -2.15. The van der Waals surface area contributed by atoms with E-state index < -0.39 is 5.97 Å². The van der Waals surface area contributed by atoms with Crippen LogP contribution in [-0.2, 0) is 17.8 Å². The topological polar surface area (TPSA) is 75.4 Å². The average molecular weight is 432 g/mol. The lowest BCUT2D eigenvalue weighted by Crippen LogP contribution is -2.40. The summed E-state index contributed by atoms with van der Waals surface area (Å²) < 4.78 is 2.67. The van der Waals surface area contributed by atoms with Crippen molar-refractivity contribution < 1.29 is 14.7 Å². The molecule has 1 fully saturated rings. The van der Waals surface area contributed by atoms with Gasteiger partial charge in [0.05, 0.1) is 11.4 Å². The van der Waals surface area contributed by atoms with Crippen LogP contribution in [0.3, 0.4) is 0 Å². The summed E-state index contributed by atoms with van der Waals surface area (Å²) in [7, 11) is 0. The van der Waals surface area contributed by atoms with Crippen LogP contribution in [0.25, 0.3) is 5.69 Å². The van der Waals surface area contributed by atoms with Crippen LogP contribution >= 0.6 is 15.9 Å². The molecule has 0 spiro atoms. The van der Waals surface area contributed by atoms with Crippen molar-refractivity contribution in [2.45, 2.75) is 45.1 Å². The van der Waals surface area contributed by atoms with Gasteiger partial charge in [-0.2, -0.15) is 5.10 Å². The Labute approximate surface area is 166 Å². The lowest BCUT2D eigenvalue weighted by molar-refractivity contribution is -0.137. The van der Waals surface area contributed by atoms with Gasteiger partial charge in [-0.3, -0.25) is 4.79 Å². The van der Waals surface area contributed by atoms with E-state index >= 15 is 0 Å². The molecule has 0 bridgehead atoms. The zero-order valence-electron chi connectivity index (χ0n) is 15.0. The molecule has 1 amide bonds. The van der Waals surface area contributed by atoms with Crippen molar-refractivity contribution >= 4 is 27.8 Å². The number of halogens is 1. The van der Waals surface area contributed by atoms with E-state index in [0.717, 1.165) is 41.5 Å². The van der Waals surface area contributed by atoms with E-state index in [1.807, 2.05) is 29.2 Å². The third-order valence-electron chi connectivity index (χ3n) is 5.60. The van der Waals surface area contributed by atoms with Crippen LogP contribution in [0.1, 0.15) is 53.8 Å². The van der Waals surface area contributed by atoms with Crippen molar-refractivity contribution in [3.8, 4) is 5.69 Å². The number of carboxylic acids is 1. The van der Waals surface area contributed by atoms with Gasteiger partial charge in [0.1, 0.15) is 0 Å². The van der Waals surface area contributed by atoms with Crippen LogP contribution in [0.4, 0.5) is 0 Å². The molecule has 1 aliphatic heterocycles. The summed E-state index contributed by atoms with van der Waals surface area (Å²) in [5.41, 5.74) is 2.44. The molecule has 7 heteroatoms. The van der Waals surface area contributed by atoms with Crippen molar-refractivity contribution in [3.63, 3.8) is 0 Å². The van der Waals surface area contributed by atoms with Gasteiger partial charge in [0, 0.05) is 35.5 Å². The number of carboxylic acid groups (broad SMARTS) is 1. The number of carbonyl (C=O) groups is 2. The standard InChI is InChI=1S/C20H22BrN3O3/c21-14-6-8-15(9-7-14)24-17-10-11-23(12-16(17)18(22-24)20(26)27)19(25)13-4-2-1-3-5-13/h6-9,13H,1-5,10-12H2,(H,26,27). The van der Waals surface area contributed by atoms with Crippen LogP contribution in [-0.4, -0.2) is 38.2 Å². The van der Waals surface area contributed by atoms with E-state index in [9.17, 15) is 14.7 Å². The first-order valence-electron chi connectivity index (χ1n) is 9.43. The summed E-state index contributed by atoms with van der Waals surface area (Å²) in [4.78, 5) is 26.5. The molecule has 1 aromatic heterocycles. The zero-order chi connectivity index (χ0) is 19.0. The van der Waals surface area contributed by atoms with E-state index in [2.05, 4.69) is 21.0 Å². The molecular weight excluding hydrogens is 410 g/mol. The van der Waals surface area contributed by atoms with Gasteiger partial charge in [-0.1, -0.05) is 35.2 Å². The Morgan fingerprint density at radius 3 is 2.48 bits per heavy atom. The number of fused-ring (bicyclic) bond motifs is 1. The number of amides is 1. The number of rotatable bonds is 3. The fourth-order valence-electron chi connectivity index (χ4n) is 4.18. The van der Waals surface area contributed by atoms with E-state index in [1.165, 1.54) is 6.42 Å². The van der Waals surface area contributed by atoms with Gasteiger partial charge in [0.25, 0.3) is 0 Å². The maximum Gasteiger partial charge on any atom is 0.356 e. The van der Waals surface area contributed by atoms with Gasteiger partial charge < -0.3 is 10.0 Å². The molecule has 1 N–H and O–H groups in total. The number of hydrogen-bond acceptors (Lipinski definition) is 3. The van der Waals surface area contributed by atoms with Crippen molar-refractivity contribution in [3.05, 3.63) is 45.7 Å². The fraction of sp³-hybridized carbons (Fsp3) is 0.450. The third kappa shape index (κ3) is 3.52. The Morgan fingerprint density at radius 2 is 1.81 bits per heavy atom. The van der Waals surface area contributed by atoms with Crippen LogP contribution < -0.4 is 0 Å². The average Bonchev–Trinajstić information content (AvgIpc) is 3.08. The molecule has 6 nitrogen and oxygen atoms in total. The second-order valence-electron chi connectivity index (χ2n) is 7.31. The Morgan fingerprint density at radius 1 is 1.11 bits per heavy atom. The molecule has 2 heterocycles. The minimum atomic E-state index is -1.05.